The summed E-state index contributed by atoms with van der Waals surface area (Å²) in [6, 6.07) is 9.48. The smallest absolute Gasteiger partial charge is 0.229 e. The van der Waals surface area contributed by atoms with Gasteiger partial charge in [-0.1, -0.05) is 42.4 Å². The van der Waals surface area contributed by atoms with Gasteiger partial charge in [-0.05, 0) is 13.3 Å². The van der Waals surface area contributed by atoms with Crippen LogP contribution in [0.3, 0.4) is 0 Å². The van der Waals surface area contributed by atoms with Crippen molar-refractivity contribution in [3.8, 4) is 11.4 Å². The molecule has 0 unspecified atom stereocenters. The van der Waals surface area contributed by atoms with Crippen molar-refractivity contribution < 1.29 is 29.3 Å². The number of hydrogen-bond acceptors (Lipinski definition) is 8. The summed E-state index contributed by atoms with van der Waals surface area (Å²) in [5.41, 5.74) is 0.845. The predicted molar refractivity (Wildman–Crippen MR) is 103 cm³/mol. The minimum absolute atomic E-state index is 0.00753. The van der Waals surface area contributed by atoms with Gasteiger partial charge in [-0.15, -0.1) is 0 Å². The van der Waals surface area contributed by atoms with Crippen molar-refractivity contribution in [3.63, 3.8) is 0 Å². The van der Waals surface area contributed by atoms with Gasteiger partial charge in [0.25, 0.3) is 0 Å². The molecule has 1 aromatic carbocycles. The largest absolute Gasteiger partial charge is 0.393 e. The lowest BCUT2D eigenvalue weighted by Gasteiger charge is -2.37. The molecule has 8 atom stereocenters. The second-order valence-corrected chi connectivity index (χ2v) is 8.17. The lowest BCUT2D eigenvalue weighted by molar-refractivity contribution is -0.166. The van der Waals surface area contributed by atoms with Gasteiger partial charge in [0.2, 0.25) is 11.7 Å². The molecular formula is C21H28N2O6. The van der Waals surface area contributed by atoms with Crippen molar-refractivity contribution in [1.29, 1.82) is 0 Å². The van der Waals surface area contributed by atoms with Gasteiger partial charge in [0.1, 0.15) is 6.10 Å². The molecule has 158 valence electrons. The molecule has 3 N–H and O–H groups in total. The Kier molecular flexibility index (Phi) is 5.98. The van der Waals surface area contributed by atoms with E-state index in [1.807, 2.05) is 37.3 Å². The molecule has 2 aromatic rings. The van der Waals surface area contributed by atoms with Crippen LogP contribution in [0.2, 0.25) is 0 Å². The van der Waals surface area contributed by atoms with Crippen molar-refractivity contribution in [2.45, 2.75) is 63.3 Å². The zero-order valence-electron chi connectivity index (χ0n) is 16.6. The van der Waals surface area contributed by atoms with Crippen LogP contribution in [0, 0.1) is 11.8 Å². The van der Waals surface area contributed by atoms with Crippen LogP contribution < -0.4 is 0 Å². The quantitative estimate of drug-likeness (QED) is 0.589. The molecule has 2 saturated heterocycles. The molecule has 0 saturated carbocycles. The van der Waals surface area contributed by atoms with Crippen LogP contribution >= 0.6 is 0 Å². The van der Waals surface area contributed by atoms with E-state index in [0.717, 1.165) is 5.56 Å². The second kappa shape index (κ2) is 8.49. The van der Waals surface area contributed by atoms with E-state index in [9.17, 15) is 15.3 Å². The van der Waals surface area contributed by atoms with Crippen molar-refractivity contribution in [3.05, 3.63) is 36.2 Å². The maximum absolute atomic E-state index is 10.6. The van der Waals surface area contributed by atoms with Crippen molar-refractivity contribution >= 4 is 0 Å². The molecule has 0 radical (unpaired) electrons. The molecule has 2 aliphatic rings. The molecule has 3 heterocycles. The number of nitrogens with zero attached hydrogens (tertiary/aromatic N) is 2. The predicted octanol–water partition coefficient (Wildman–Crippen LogP) is 1.19. The van der Waals surface area contributed by atoms with Gasteiger partial charge in [-0.3, -0.25) is 0 Å². The average Bonchev–Trinajstić information content (AvgIpc) is 3.33. The van der Waals surface area contributed by atoms with E-state index in [1.54, 1.807) is 6.92 Å². The summed E-state index contributed by atoms with van der Waals surface area (Å²) in [6.45, 7) is 4.01. The van der Waals surface area contributed by atoms with Crippen molar-refractivity contribution in [1.82, 2.24) is 10.1 Å². The van der Waals surface area contributed by atoms with E-state index < -0.39 is 24.4 Å². The fourth-order valence-corrected chi connectivity index (χ4v) is 3.93. The second-order valence-electron chi connectivity index (χ2n) is 8.17. The highest BCUT2D eigenvalue weighted by molar-refractivity contribution is 5.53. The number of hydrogen-bond donors (Lipinski definition) is 3. The van der Waals surface area contributed by atoms with Gasteiger partial charge in [-0.2, -0.15) is 4.98 Å². The Morgan fingerprint density at radius 1 is 1.10 bits per heavy atom. The summed E-state index contributed by atoms with van der Waals surface area (Å²) in [4.78, 5) is 4.36. The summed E-state index contributed by atoms with van der Waals surface area (Å²) < 4.78 is 16.8. The normalized spacial score (nSPS) is 34.0. The van der Waals surface area contributed by atoms with Crippen LogP contribution in [0.25, 0.3) is 11.4 Å². The highest BCUT2D eigenvalue weighted by atomic mass is 16.6. The molecule has 4 rings (SSSR count). The lowest BCUT2D eigenvalue weighted by atomic mass is 9.86. The Balaban J connectivity index is 1.31. The van der Waals surface area contributed by atoms with Gasteiger partial charge >= 0.3 is 0 Å². The van der Waals surface area contributed by atoms with E-state index in [1.165, 1.54) is 0 Å². The monoisotopic (exact) mass is 404 g/mol. The number of rotatable bonds is 7. The number of aliphatic hydroxyl groups is 3. The Hall–Kier alpha value is -1.84. The SMILES string of the molecule is C[C@H]([C@@H]1O[C@@H]1C[C@H]1CO[C@@H](Cc2nc(-c3ccccc3)no2)[C@H](O)[C@@H]1O)[C@H](C)O. The van der Waals surface area contributed by atoms with Gasteiger partial charge in [-0.25, -0.2) is 0 Å². The molecule has 0 aliphatic carbocycles. The Bertz CT molecular complexity index is 797. The molecule has 2 fully saturated rings. The molecular weight excluding hydrogens is 376 g/mol. The van der Waals surface area contributed by atoms with Crippen LogP contribution in [-0.2, 0) is 15.9 Å². The number of aliphatic hydroxyl groups excluding tert-OH is 3. The fraction of sp³-hybridized carbons (Fsp3) is 0.619. The lowest BCUT2D eigenvalue weighted by Crippen LogP contribution is -2.51. The Labute approximate surface area is 169 Å². The van der Waals surface area contributed by atoms with Gasteiger partial charge in [0.15, 0.2) is 0 Å². The number of benzene rings is 1. The summed E-state index contributed by atoms with van der Waals surface area (Å²) in [5, 5.41) is 34.8. The molecule has 1 aromatic heterocycles. The van der Waals surface area contributed by atoms with Gasteiger partial charge in [0, 0.05) is 17.4 Å². The minimum atomic E-state index is -1.05. The average molecular weight is 404 g/mol. The minimum Gasteiger partial charge on any atom is -0.393 e. The maximum atomic E-state index is 10.6. The van der Waals surface area contributed by atoms with Crippen LogP contribution in [-0.4, -0.2) is 68.7 Å². The Morgan fingerprint density at radius 2 is 1.86 bits per heavy atom. The van der Waals surface area contributed by atoms with Crippen molar-refractivity contribution in [2.75, 3.05) is 6.61 Å². The fourth-order valence-electron chi connectivity index (χ4n) is 3.93. The van der Waals surface area contributed by atoms with Gasteiger partial charge in [0.05, 0.1) is 43.5 Å². The van der Waals surface area contributed by atoms with E-state index in [4.69, 9.17) is 14.0 Å². The topological polar surface area (TPSA) is 121 Å². The number of aromatic nitrogens is 2. The third kappa shape index (κ3) is 4.51. The van der Waals surface area contributed by atoms with Crippen LogP contribution in [0.15, 0.2) is 34.9 Å². The molecule has 2 aliphatic heterocycles. The molecule has 29 heavy (non-hydrogen) atoms. The molecule has 8 heteroatoms. The zero-order chi connectivity index (χ0) is 20.5. The third-order valence-corrected chi connectivity index (χ3v) is 6.05. The van der Waals surface area contributed by atoms with Crippen LogP contribution in [0.4, 0.5) is 0 Å². The standard InChI is InChI=1S/C21H28N2O6/c1-11(12(2)24)20-16(28-20)8-14-10-27-15(19(26)18(14)25)9-17-22-21(23-29-17)13-6-4-3-5-7-13/h3-7,11-12,14-16,18-20,24-26H,8-10H2,1-2H3/t11-,12-,14-,15-,16+,18+,19-,20-/m0/s1. The number of ether oxygens (including phenoxy) is 2. The first-order valence-electron chi connectivity index (χ1n) is 10.1. The van der Waals surface area contributed by atoms with E-state index >= 15 is 0 Å². The molecule has 0 bridgehead atoms. The third-order valence-electron chi connectivity index (χ3n) is 6.05. The van der Waals surface area contributed by atoms with Gasteiger partial charge < -0.3 is 29.3 Å². The Morgan fingerprint density at radius 3 is 2.59 bits per heavy atom. The molecule has 0 spiro atoms. The highest BCUT2D eigenvalue weighted by Crippen LogP contribution is 2.38. The summed E-state index contributed by atoms with van der Waals surface area (Å²) in [5.74, 6) is 0.652. The van der Waals surface area contributed by atoms with Crippen LogP contribution in [0.5, 0.6) is 0 Å². The first-order chi connectivity index (χ1) is 13.9. The van der Waals surface area contributed by atoms with E-state index in [2.05, 4.69) is 10.1 Å². The first-order valence-corrected chi connectivity index (χ1v) is 10.1. The molecule has 0 amide bonds. The zero-order valence-corrected chi connectivity index (χ0v) is 16.6. The van der Waals surface area contributed by atoms with Crippen LogP contribution in [0.1, 0.15) is 26.2 Å². The van der Waals surface area contributed by atoms with E-state index in [0.29, 0.717) is 24.7 Å². The van der Waals surface area contributed by atoms with Crippen molar-refractivity contribution in [2.24, 2.45) is 11.8 Å². The summed E-state index contributed by atoms with van der Waals surface area (Å²) >= 11 is 0. The summed E-state index contributed by atoms with van der Waals surface area (Å²) in [7, 11) is 0. The number of epoxide rings is 1. The highest BCUT2D eigenvalue weighted by Gasteiger charge is 2.48. The summed E-state index contributed by atoms with van der Waals surface area (Å²) in [6.07, 6.45) is -2.23. The maximum Gasteiger partial charge on any atom is 0.229 e. The first kappa shape index (κ1) is 20.4. The molecule has 8 nitrogen and oxygen atoms in total. The van der Waals surface area contributed by atoms with E-state index in [-0.39, 0.29) is 30.5 Å².